The molecule has 0 bridgehead atoms. The molecule has 3 nitrogen and oxygen atoms in total. The standard InChI is InChI=1S/C15H12N2OS/c1-3-12-5-4-6-13(9-12)17-15(18)8-7-14-10-19-11(2)16-14/h1,4-10H,2H3,(H,17,18)/b8-7+. The number of benzene rings is 1. The summed E-state index contributed by atoms with van der Waals surface area (Å²) in [6.45, 7) is 1.92. The summed E-state index contributed by atoms with van der Waals surface area (Å²) >= 11 is 1.55. The van der Waals surface area contributed by atoms with E-state index in [1.165, 1.54) is 6.08 Å². The molecule has 4 heteroatoms. The number of amides is 1. The average Bonchev–Trinajstić information content (AvgIpc) is 2.82. The maximum Gasteiger partial charge on any atom is 0.248 e. The molecule has 0 aliphatic carbocycles. The van der Waals surface area contributed by atoms with Crippen molar-refractivity contribution in [2.24, 2.45) is 0 Å². The molecule has 0 fully saturated rings. The quantitative estimate of drug-likeness (QED) is 0.686. The Morgan fingerprint density at radius 3 is 3.05 bits per heavy atom. The van der Waals surface area contributed by atoms with Crippen LogP contribution in [0.3, 0.4) is 0 Å². The molecule has 1 aromatic heterocycles. The monoisotopic (exact) mass is 268 g/mol. The predicted molar refractivity (Wildman–Crippen MR) is 78.9 cm³/mol. The van der Waals surface area contributed by atoms with E-state index < -0.39 is 0 Å². The Hall–Kier alpha value is -2.38. The van der Waals surface area contributed by atoms with Crippen LogP contribution in [-0.4, -0.2) is 10.9 Å². The second-order valence-electron chi connectivity index (χ2n) is 3.84. The normalized spacial score (nSPS) is 10.3. The van der Waals surface area contributed by atoms with Crippen molar-refractivity contribution in [1.29, 1.82) is 0 Å². The van der Waals surface area contributed by atoms with Crippen molar-refractivity contribution in [2.75, 3.05) is 5.32 Å². The molecule has 0 aliphatic heterocycles. The van der Waals surface area contributed by atoms with Crippen LogP contribution < -0.4 is 5.32 Å². The van der Waals surface area contributed by atoms with Gasteiger partial charge in [0.1, 0.15) is 0 Å². The number of terminal acetylenes is 1. The van der Waals surface area contributed by atoms with Crippen molar-refractivity contribution >= 4 is 29.0 Å². The largest absolute Gasteiger partial charge is 0.322 e. The van der Waals surface area contributed by atoms with E-state index in [0.717, 1.165) is 16.3 Å². The molecule has 0 saturated heterocycles. The van der Waals surface area contributed by atoms with Crippen LogP contribution in [0.4, 0.5) is 5.69 Å². The van der Waals surface area contributed by atoms with Gasteiger partial charge in [-0.05, 0) is 31.2 Å². The van der Waals surface area contributed by atoms with Gasteiger partial charge in [0.25, 0.3) is 0 Å². The lowest BCUT2D eigenvalue weighted by Gasteiger charge is -2.01. The van der Waals surface area contributed by atoms with Crippen molar-refractivity contribution in [1.82, 2.24) is 4.98 Å². The molecule has 0 spiro atoms. The summed E-state index contributed by atoms with van der Waals surface area (Å²) in [5.41, 5.74) is 2.20. The van der Waals surface area contributed by atoms with Crippen molar-refractivity contribution in [3.05, 3.63) is 52.0 Å². The number of carbonyl (C=O) groups excluding carboxylic acids is 1. The number of aryl methyl sites for hydroxylation is 1. The van der Waals surface area contributed by atoms with E-state index in [0.29, 0.717) is 5.69 Å². The van der Waals surface area contributed by atoms with Gasteiger partial charge in [-0.25, -0.2) is 4.98 Å². The topological polar surface area (TPSA) is 42.0 Å². The molecule has 1 heterocycles. The number of carbonyl (C=O) groups is 1. The number of hydrogen-bond acceptors (Lipinski definition) is 3. The summed E-state index contributed by atoms with van der Waals surface area (Å²) in [5.74, 6) is 2.31. The van der Waals surface area contributed by atoms with E-state index in [1.807, 2.05) is 18.4 Å². The number of thiazole rings is 1. The van der Waals surface area contributed by atoms with Gasteiger partial charge in [0.15, 0.2) is 0 Å². The molecule has 0 radical (unpaired) electrons. The molecule has 2 aromatic rings. The second kappa shape index (κ2) is 5.98. The van der Waals surface area contributed by atoms with Gasteiger partial charge in [-0.15, -0.1) is 17.8 Å². The summed E-state index contributed by atoms with van der Waals surface area (Å²) in [6.07, 6.45) is 8.44. The number of nitrogens with one attached hydrogen (secondary N) is 1. The van der Waals surface area contributed by atoms with E-state index in [9.17, 15) is 4.79 Å². The zero-order chi connectivity index (χ0) is 13.7. The van der Waals surface area contributed by atoms with Gasteiger partial charge in [-0.3, -0.25) is 4.79 Å². The molecule has 0 unspecified atom stereocenters. The first-order valence-corrected chi connectivity index (χ1v) is 6.53. The molecule has 1 amide bonds. The lowest BCUT2D eigenvalue weighted by molar-refractivity contribution is -0.111. The van der Waals surface area contributed by atoms with Crippen molar-refractivity contribution in [3.8, 4) is 12.3 Å². The minimum atomic E-state index is -0.208. The van der Waals surface area contributed by atoms with Gasteiger partial charge in [0, 0.05) is 22.7 Å². The molecule has 1 aromatic carbocycles. The van der Waals surface area contributed by atoms with E-state index in [2.05, 4.69) is 16.2 Å². The molecule has 0 aliphatic rings. The summed E-state index contributed by atoms with van der Waals surface area (Å²) in [4.78, 5) is 16.0. The fourth-order valence-electron chi connectivity index (χ4n) is 1.49. The Labute approximate surface area is 116 Å². The summed E-state index contributed by atoms with van der Waals surface area (Å²) < 4.78 is 0. The molecular weight excluding hydrogens is 256 g/mol. The number of rotatable bonds is 3. The zero-order valence-electron chi connectivity index (χ0n) is 10.4. The van der Waals surface area contributed by atoms with Gasteiger partial charge < -0.3 is 5.32 Å². The Bertz CT molecular complexity index is 665. The fraction of sp³-hybridized carbons (Fsp3) is 0.0667. The van der Waals surface area contributed by atoms with Crippen LogP contribution in [0, 0.1) is 19.3 Å². The highest BCUT2D eigenvalue weighted by molar-refractivity contribution is 7.09. The van der Waals surface area contributed by atoms with Crippen LogP contribution in [0.1, 0.15) is 16.3 Å². The third-order valence-corrected chi connectivity index (χ3v) is 3.13. The van der Waals surface area contributed by atoms with Gasteiger partial charge in [0.2, 0.25) is 5.91 Å². The van der Waals surface area contributed by atoms with Crippen LogP contribution >= 0.6 is 11.3 Å². The van der Waals surface area contributed by atoms with Crippen LogP contribution in [0.5, 0.6) is 0 Å². The third kappa shape index (κ3) is 3.80. The van der Waals surface area contributed by atoms with E-state index >= 15 is 0 Å². The van der Waals surface area contributed by atoms with Gasteiger partial charge in [0.05, 0.1) is 10.7 Å². The highest BCUT2D eigenvalue weighted by Gasteiger charge is 1.99. The van der Waals surface area contributed by atoms with Crippen molar-refractivity contribution in [3.63, 3.8) is 0 Å². The van der Waals surface area contributed by atoms with Crippen LogP contribution in [-0.2, 0) is 4.79 Å². The van der Waals surface area contributed by atoms with E-state index in [-0.39, 0.29) is 5.91 Å². The smallest absolute Gasteiger partial charge is 0.248 e. The Morgan fingerprint density at radius 1 is 1.53 bits per heavy atom. The number of nitrogens with zero attached hydrogens (tertiary/aromatic N) is 1. The summed E-state index contributed by atoms with van der Waals surface area (Å²) in [7, 11) is 0. The highest BCUT2D eigenvalue weighted by atomic mass is 32.1. The summed E-state index contributed by atoms with van der Waals surface area (Å²) in [6, 6.07) is 7.15. The van der Waals surface area contributed by atoms with Crippen LogP contribution in [0.15, 0.2) is 35.7 Å². The molecular formula is C15H12N2OS. The lowest BCUT2D eigenvalue weighted by atomic mass is 10.2. The van der Waals surface area contributed by atoms with Gasteiger partial charge in [-0.2, -0.15) is 0 Å². The van der Waals surface area contributed by atoms with Crippen LogP contribution in [0.2, 0.25) is 0 Å². The SMILES string of the molecule is C#Cc1cccc(NC(=O)/C=C/c2csc(C)n2)c1. The zero-order valence-corrected chi connectivity index (χ0v) is 11.2. The van der Waals surface area contributed by atoms with Crippen molar-refractivity contribution < 1.29 is 4.79 Å². The average molecular weight is 268 g/mol. The first-order chi connectivity index (χ1) is 9.17. The molecule has 19 heavy (non-hydrogen) atoms. The molecule has 1 N–H and O–H groups in total. The Morgan fingerprint density at radius 2 is 2.37 bits per heavy atom. The lowest BCUT2D eigenvalue weighted by Crippen LogP contribution is -2.07. The maximum absolute atomic E-state index is 11.7. The number of aromatic nitrogens is 1. The maximum atomic E-state index is 11.7. The third-order valence-electron chi connectivity index (χ3n) is 2.34. The van der Waals surface area contributed by atoms with Gasteiger partial charge in [-0.1, -0.05) is 12.0 Å². The number of hydrogen-bond donors (Lipinski definition) is 1. The Balaban J connectivity index is 2.01. The molecule has 2 rings (SSSR count). The number of anilines is 1. The molecule has 94 valence electrons. The Kier molecular flexibility index (Phi) is 4.11. The fourth-order valence-corrected chi connectivity index (χ4v) is 2.07. The highest BCUT2D eigenvalue weighted by Crippen LogP contribution is 2.11. The minimum Gasteiger partial charge on any atom is -0.322 e. The van der Waals surface area contributed by atoms with E-state index in [4.69, 9.17) is 6.42 Å². The first-order valence-electron chi connectivity index (χ1n) is 5.65. The van der Waals surface area contributed by atoms with Crippen molar-refractivity contribution in [2.45, 2.75) is 6.92 Å². The molecule has 0 atom stereocenters. The summed E-state index contributed by atoms with van der Waals surface area (Å²) in [5, 5.41) is 5.62. The van der Waals surface area contributed by atoms with Gasteiger partial charge >= 0.3 is 0 Å². The predicted octanol–water partition coefficient (Wildman–Crippen LogP) is 3.08. The second-order valence-corrected chi connectivity index (χ2v) is 4.90. The van der Waals surface area contributed by atoms with E-state index in [1.54, 1.807) is 35.6 Å². The molecule has 0 saturated carbocycles. The van der Waals surface area contributed by atoms with Crippen LogP contribution in [0.25, 0.3) is 6.08 Å². The minimum absolute atomic E-state index is 0.208. The first kappa shape index (κ1) is 13.1.